The van der Waals surface area contributed by atoms with E-state index in [-0.39, 0.29) is 11.9 Å². The maximum atomic E-state index is 13.2. The van der Waals surface area contributed by atoms with Gasteiger partial charge >= 0.3 is 6.03 Å². The van der Waals surface area contributed by atoms with Gasteiger partial charge in [0.1, 0.15) is 0 Å². The Labute approximate surface area is 212 Å². The minimum atomic E-state index is -0.318. The van der Waals surface area contributed by atoms with Gasteiger partial charge in [0.2, 0.25) is 0 Å². The molecule has 0 unspecified atom stereocenters. The fourth-order valence-corrected chi connectivity index (χ4v) is 4.34. The van der Waals surface area contributed by atoms with Gasteiger partial charge in [-0.15, -0.1) is 0 Å². The van der Waals surface area contributed by atoms with Gasteiger partial charge in [0, 0.05) is 50.8 Å². The summed E-state index contributed by atoms with van der Waals surface area (Å²) in [4.78, 5) is 28.0. The highest BCUT2D eigenvalue weighted by atomic mass is 16.5. The summed E-state index contributed by atoms with van der Waals surface area (Å²) in [6.45, 7) is 5.74. The molecule has 188 valence electrons. The van der Waals surface area contributed by atoms with Crippen molar-refractivity contribution in [3.05, 3.63) is 95.1 Å². The van der Waals surface area contributed by atoms with Crippen molar-refractivity contribution in [1.29, 1.82) is 0 Å². The Morgan fingerprint density at radius 2 is 1.72 bits per heavy atom. The predicted molar refractivity (Wildman–Crippen MR) is 143 cm³/mol. The molecule has 0 saturated heterocycles. The zero-order chi connectivity index (χ0) is 25.2. The maximum Gasteiger partial charge on any atom is 0.319 e. The number of carbonyl (C=O) groups excluding carboxylic acids is 2. The molecule has 1 aliphatic rings. The second-order valence-corrected chi connectivity index (χ2v) is 8.77. The molecule has 3 aromatic rings. The topological polar surface area (TPSA) is 82.7 Å². The highest BCUT2D eigenvalue weighted by molar-refractivity contribution is 6.02. The SMILES string of the molecule is CCOCCCNC(=O)c1cc(NC(=O)NCc2ccccc2)ccc1N1CCc2ccccc2C1. The Bertz CT molecular complexity index is 1170. The largest absolute Gasteiger partial charge is 0.382 e. The standard InChI is InChI=1S/C29H34N4O3/c1-2-36-18-8-16-30-28(34)26-19-25(32-29(35)31-20-22-9-4-3-5-10-22)13-14-27(26)33-17-15-23-11-6-7-12-24(23)21-33/h3-7,9-14,19H,2,8,15-18,20-21H2,1H3,(H,30,34)(H2,31,32,35). The smallest absolute Gasteiger partial charge is 0.319 e. The van der Waals surface area contributed by atoms with Crippen molar-refractivity contribution in [3.8, 4) is 0 Å². The number of anilines is 2. The van der Waals surface area contributed by atoms with Gasteiger partial charge in [-0.1, -0.05) is 54.6 Å². The molecule has 0 fully saturated rings. The predicted octanol–water partition coefficient (Wildman–Crippen LogP) is 4.73. The first kappa shape index (κ1) is 25.3. The molecule has 0 aliphatic carbocycles. The third kappa shape index (κ3) is 6.86. The van der Waals surface area contributed by atoms with Gasteiger partial charge in [0.05, 0.1) is 5.56 Å². The van der Waals surface area contributed by atoms with E-state index in [1.807, 2.05) is 49.4 Å². The number of rotatable bonds is 10. The van der Waals surface area contributed by atoms with Crippen LogP contribution in [0.25, 0.3) is 0 Å². The van der Waals surface area contributed by atoms with E-state index in [4.69, 9.17) is 4.74 Å². The second-order valence-electron chi connectivity index (χ2n) is 8.77. The van der Waals surface area contributed by atoms with Gasteiger partial charge in [-0.25, -0.2) is 4.79 Å². The van der Waals surface area contributed by atoms with Gasteiger partial charge in [0.25, 0.3) is 5.91 Å². The van der Waals surface area contributed by atoms with Crippen LogP contribution in [0.1, 0.15) is 40.4 Å². The van der Waals surface area contributed by atoms with Crippen LogP contribution in [-0.4, -0.2) is 38.2 Å². The van der Waals surface area contributed by atoms with Gasteiger partial charge < -0.3 is 25.6 Å². The molecule has 0 saturated carbocycles. The molecular formula is C29H34N4O3. The van der Waals surface area contributed by atoms with E-state index in [9.17, 15) is 9.59 Å². The lowest BCUT2D eigenvalue weighted by Gasteiger charge is -2.32. The van der Waals surface area contributed by atoms with E-state index in [0.29, 0.717) is 37.6 Å². The molecule has 7 nitrogen and oxygen atoms in total. The van der Waals surface area contributed by atoms with E-state index < -0.39 is 0 Å². The lowest BCUT2D eigenvalue weighted by atomic mass is 9.98. The number of carbonyl (C=O) groups is 2. The van der Waals surface area contributed by atoms with Crippen LogP contribution in [0.2, 0.25) is 0 Å². The number of urea groups is 1. The molecule has 0 aromatic heterocycles. The first-order chi connectivity index (χ1) is 17.6. The molecule has 1 heterocycles. The zero-order valence-corrected chi connectivity index (χ0v) is 20.8. The van der Waals surface area contributed by atoms with E-state index in [2.05, 4.69) is 45.1 Å². The van der Waals surface area contributed by atoms with E-state index in [0.717, 1.165) is 37.2 Å². The molecule has 0 spiro atoms. The Morgan fingerprint density at radius 1 is 0.944 bits per heavy atom. The fraction of sp³-hybridized carbons (Fsp3) is 0.310. The van der Waals surface area contributed by atoms with Gasteiger partial charge in [-0.2, -0.15) is 0 Å². The van der Waals surface area contributed by atoms with E-state index >= 15 is 0 Å². The minimum Gasteiger partial charge on any atom is -0.382 e. The summed E-state index contributed by atoms with van der Waals surface area (Å²) in [5, 5.41) is 8.74. The summed E-state index contributed by atoms with van der Waals surface area (Å²) in [6.07, 6.45) is 1.67. The first-order valence-corrected chi connectivity index (χ1v) is 12.5. The normalized spacial score (nSPS) is 12.5. The van der Waals surface area contributed by atoms with Crippen molar-refractivity contribution in [2.45, 2.75) is 32.9 Å². The van der Waals surface area contributed by atoms with Crippen molar-refractivity contribution in [2.24, 2.45) is 0 Å². The number of ether oxygens (including phenoxy) is 1. The Hall–Kier alpha value is -3.84. The molecule has 36 heavy (non-hydrogen) atoms. The average Bonchev–Trinajstić information content (AvgIpc) is 2.92. The van der Waals surface area contributed by atoms with Crippen LogP contribution in [-0.2, 0) is 24.2 Å². The molecule has 3 aromatic carbocycles. The Balaban J connectivity index is 1.48. The monoisotopic (exact) mass is 486 g/mol. The van der Waals surface area contributed by atoms with Gasteiger partial charge in [-0.05, 0) is 54.7 Å². The van der Waals surface area contributed by atoms with Crippen LogP contribution >= 0.6 is 0 Å². The van der Waals surface area contributed by atoms with Crippen molar-refractivity contribution in [2.75, 3.05) is 36.5 Å². The number of nitrogens with zero attached hydrogens (tertiary/aromatic N) is 1. The quantitative estimate of drug-likeness (QED) is 0.362. The lowest BCUT2D eigenvalue weighted by Crippen LogP contribution is -2.34. The van der Waals surface area contributed by atoms with Crippen LogP contribution in [0, 0.1) is 0 Å². The summed E-state index contributed by atoms with van der Waals surface area (Å²) in [5.74, 6) is -0.159. The van der Waals surface area contributed by atoms with Gasteiger partial charge in [0.15, 0.2) is 0 Å². The highest BCUT2D eigenvalue weighted by Gasteiger charge is 2.22. The number of hydrogen-bond acceptors (Lipinski definition) is 4. The molecular weight excluding hydrogens is 452 g/mol. The Kier molecular flexibility index (Phi) is 8.94. The number of amides is 3. The van der Waals surface area contributed by atoms with Crippen LogP contribution < -0.4 is 20.9 Å². The molecule has 3 amide bonds. The summed E-state index contributed by atoms with van der Waals surface area (Å²) < 4.78 is 5.38. The van der Waals surface area contributed by atoms with Crippen LogP contribution in [0.4, 0.5) is 16.2 Å². The molecule has 1 aliphatic heterocycles. The Morgan fingerprint density at radius 3 is 2.53 bits per heavy atom. The highest BCUT2D eigenvalue weighted by Crippen LogP contribution is 2.29. The minimum absolute atomic E-state index is 0.159. The molecule has 0 radical (unpaired) electrons. The third-order valence-electron chi connectivity index (χ3n) is 6.22. The van der Waals surface area contributed by atoms with Crippen LogP contribution in [0.3, 0.4) is 0 Å². The van der Waals surface area contributed by atoms with Gasteiger partial charge in [-0.3, -0.25) is 4.79 Å². The zero-order valence-electron chi connectivity index (χ0n) is 20.8. The van der Waals surface area contributed by atoms with E-state index in [1.165, 1.54) is 11.1 Å². The van der Waals surface area contributed by atoms with Crippen molar-refractivity contribution in [1.82, 2.24) is 10.6 Å². The summed E-state index contributed by atoms with van der Waals surface area (Å²) in [6, 6.07) is 23.4. The molecule has 0 atom stereocenters. The van der Waals surface area contributed by atoms with E-state index in [1.54, 1.807) is 6.07 Å². The third-order valence-corrected chi connectivity index (χ3v) is 6.22. The van der Waals surface area contributed by atoms with Crippen molar-refractivity contribution >= 4 is 23.3 Å². The number of benzene rings is 3. The van der Waals surface area contributed by atoms with Crippen molar-refractivity contribution in [3.63, 3.8) is 0 Å². The number of fused-ring (bicyclic) bond motifs is 1. The first-order valence-electron chi connectivity index (χ1n) is 12.5. The molecule has 4 rings (SSSR count). The second kappa shape index (κ2) is 12.7. The summed E-state index contributed by atoms with van der Waals surface area (Å²) >= 11 is 0. The average molecular weight is 487 g/mol. The van der Waals surface area contributed by atoms with Crippen LogP contribution in [0.15, 0.2) is 72.8 Å². The molecule has 3 N–H and O–H groups in total. The maximum absolute atomic E-state index is 13.2. The molecule has 0 bridgehead atoms. The van der Waals surface area contributed by atoms with Crippen LogP contribution in [0.5, 0.6) is 0 Å². The lowest BCUT2D eigenvalue weighted by molar-refractivity contribution is 0.0944. The van der Waals surface area contributed by atoms with Crippen molar-refractivity contribution < 1.29 is 14.3 Å². The fourth-order valence-electron chi connectivity index (χ4n) is 4.34. The summed E-state index contributed by atoms with van der Waals surface area (Å²) in [5.41, 5.74) is 5.62. The molecule has 7 heteroatoms. The summed E-state index contributed by atoms with van der Waals surface area (Å²) in [7, 11) is 0. The number of hydrogen-bond donors (Lipinski definition) is 3. The number of nitrogens with one attached hydrogen (secondary N) is 3.